The largest absolute Gasteiger partial charge is 0.459 e. The molecule has 2 atom stereocenters. The summed E-state index contributed by atoms with van der Waals surface area (Å²) in [6.45, 7) is 5.81. The van der Waals surface area contributed by atoms with Gasteiger partial charge >= 0.3 is 0 Å². The first kappa shape index (κ1) is 14.6. The molecule has 4 nitrogen and oxygen atoms in total. The molecule has 4 heteroatoms. The number of ether oxygens (including phenoxy) is 1. The Labute approximate surface area is 125 Å². The van der Waals surface area contributed by atoms with Crippen molar-refractivity contribution in [3.8, 4) is 0 Å². The topological polar surface area (TPSA) is 51.6 Å². The molecule has 114 valence electrons. The van der Waals surface area contributed by atoms with Crippen LogP contribution in [0.2, 0.25) is 0 Å². The van der Waals surface area contributed by atoms with E-state index >= 15 is 0 Å². The van der Waals surface area contributed by atoms with Crippen LogP contribution in [-0.2, 0) is 4.74 Å². The van der Waals surface area contributed by atoms with Gasteiger partial charge in [-0.05, 0) is 31.5 Å². The first-order chi connectivity index (χ1) is 10.3. The van der Waals surface area contributed by atoms with Gasteiger partial charge in [0, 0.05) is 25.1 Å². The Balaban J connectivity index is 1.64. The van der Waals surface area contributed by atoms with E-state index in [1.54, 1.807) is 0 Å². The highest BCUT2D eigenvalue weighted by atomic mass is 16.5. The second-order valence-corrected chi connectivity index (χ2v) is 5.78. The summed E-state index contributed by atoms with van der Waals surface area (Å²) in [5, 5.41) is 1.12. The van der Waals surface area contributed by atoms with Crippen LogP contribution < -0.4 is 5.73 Å². The number of furan rings is 1. The second kappa shape index (κ2) is 6.60. The van der Waals surface area contributed by atoms with E-state index in [0.717, 1.165) is 49.4 Å². The van der Waals surface area contributed by atoms with E-state index < -0.39 is 0 Å². The minimum atomic E-state index is -0.0984. The van der Waals surface area contributed by atoms with Crippen LogP contribution in [0.25, 0.3) is 11.0 Å². The van der Waals surface area contributed by atoms with Crippen LogP contribution in [0.1, 0.15) is 31.6 Å². The van der Waals surface area contributed by atoms with Crippen LogP contribution in [0.4, 0.5) is 0 Å². The molecule has 0 bridgehead atoms. The smallest absolute Gasteiger partial charge is 0.134 e. The molecule has 2 N–H and O–H groups in total. The second-order valence-electron chi connectivity index (χ2n) is 5.78. The van der Waals surface area contributed by atoms with Crippen LogP contribution in [0.3, 0.4) is 0 Å². The van der Waals surface area contributed by atoms with Crippen molar-refractivity contribution in [1.82, 2.24) is 4.90 Å². The van der Waals surface area contributed by atoms with Crippen LogP contribution >= 0.6 is 0 Å². The van der Waals surface area contributed by atoms with E-state index in [1.807, 2.05) is 18.2 Å². The lowest BCUT2D eigenvalue weighted by Crippen LogP contribution is -2.37. The van der Waals surface area contributed by atoms with Gasteiger partial charge in [-0.2, -0.15) is 0 Å². The van der Waals surface area contributed by atoms with Gasteiger partial charge in [-0.15, -0.1) is 0 Å². The van der Waals surface area contributed by atoms with Crippen molar-refractivity contribution in [2.75, 3.05) is 26.2 Å². The lowest BCUT2D eigenvalue weighted by molar-refractivity contribution is 0.0722. The highest BCUT2D eigenvalue weighted by Gasteiger charge is 2.21. The molecule has 1 saturated heterocycles. The monoisotopic (exact) mass is 288 g/mol. The van der Waals surface area contributed by atoms with Crippen LogP contribution in [0.15, 0.2) is 34.7 Å². The Bertz CT molecular complexity index is 542. The zero-order valence-electron chi connectivity index (χ0n) is 12.6. The molecule has 0 saturated carbocycles. The maximum atomic E-state index is 6.33. The molecule has 2 heterocycles. The van der Waals surface area contributed by atoms with Gasteiger partial charge in [0.25, 0.3) is 0 Å². The zero-order chi connectivity index (χ0) is 14.7. The van der Waals surface area contributed by atoms with Gasteiger partial charge in [-0.1, -0.05) is 25.1 Å². The van der Waals surface area contributed by atoms with Crippen LogP contribution in [-0.4, -0.2) is 37.2 Å². The number of nitrogens with two attached hydrogens (primary N) is 1. The summed E-state index contributed by atoms with van der Waals surface area (Å²) in [6.07, 6.45) is 2.71. The number of hydrogen-bond acceptors (Lipinski definition) is 4. The van der Waals surface area contributed by atoms with Gasteiger partial charge in [0.2, 0.25) is 0 Å². The first-order valence-corrected chi connectivity index (χ1v) is 7.84. The molecule has 21 heavy (non-hydrogen) atoms. The molecule has 0 amide bonds. The van der Waals surface area contributed by atoms with Gasteiger partial charge in [0.1, 0.15) is 11.3 Å². The van der Waals surface area contributed by atoms with E-state index in [4.69, 9.17) is 14.9 Å². The quantitative estimate of drug-likeness (QED) is 0.888. The summed E-state index contributed by atoms with van der Waals surface area (Å²) < 4.78 is 11.6. The van der Waals surface area contributed by atoms with Crippen LogP contribution in [0.5, 0.6) is 0 Å². The van der Waals surface area contributed by atoms with E-state index in [1.165, 1.54) is 6.42 Å². The van der Waals surface area contributed by atoms with Crippen molar-refractivity contribution in [3.05, 3.63) is 36.1 Å². The normalized spacial score (nSPS) is 20.4. The number of benzene rings is 1. The van der Waals surface area contributed by atoms with Gasteiger partial charge < -0.3 is 14.9 Å². The highest BCUT2D eigenvalue weighted by molar-refractivity contribution is 5.77. The van der Waals surface area contributed by atoms with Gasteiger partial charge in [-0.25, -0.2) is 0 Å². The number of hydrogen-bond donors (Lipinski definition) is 1. The average molecular weight is 288 g/mol. The average Bonchev–Trinajstić information content (AvgIpc) is 3.15. The standard InChI is InChI=1S/C17H24N2O2/c1-2-19(11-14-7-5-9-20-14)12-15(18)17-10-13-6-3-4-8-16(13)21-17/h3-4,6,8,10,14-15H,2,5,7,9,11-12,18H2,1H3. The molecule has 2 unspecified atom stereocenters. The maximum Gasteiger partial charge on any atom is 0.134 e. The maximum absolute atomic E-state index is 6.33. The Kier molecular flexibility index (Phi) is 4.58. The van der Waals surface area contributed by atoms with E-state index in [2.05, 4.69) is 24.0 Å². The fraction of sp³-hybridized carbons (Fsp3) is 0.529. The number of rotatable bonds is 6. The Morgan fingerprint density at radius 3 is 2.95 bits per heavy atom. The fourth-order valence-corrected chi connectivity index (χ4v) is 2.96. The molecular weight excluding hydrogens is 264 g/mol. The molecular formula is C17H24N2O2. The third-order valence-electron chi connectivity index (χ3n) is 4.20. The summed E-state index contributed by atoms with van der Waals surface area (Å²) in [5.41, 5.74) is 7.24. The summed E-state index contributed by atoms with van der Waals surface area (Å²) in [5.74, 6) is 0.863. The summed E-state index contributed by atoms with van der Waals surface area (Å²) in [6, 6.07) is 9.99. The lowest BCUT2D eigenvalue weighted by atomic mass is 10.1. The molecule has 1 aromatic heterocycles. The number of para-hydroxylation sites is 1. The molecule has 0 spiro atoms. The Morgan fingerprint density at radius 1 is 1.38 bits per heavy atom. The third kappa shape index (κ3) is 3.46. The van der Waals surface area contributed by atoms with Crippen molar-refractivity contribution in [2.24, 2.45) is 5.73 Å². The molecule has 3 rings (SSSR count). The van der Waals surface area contributed by atoms with Gasteiger partial charge in [-0.3, -0.25) is 4.90 Å². The Morgan fingerprint density at radius 2 is 2.24 bits per heavy atom. The lowest BCUT2D eigenvalue weighted by Gasteiger charge is -2.25. The van der Waals surface area contributed by atoms with Crippen molar-refractivity contribution in [3.63, 3.8) is 0 Å². The molecule has 1 fully saturated rings. The molecule has 1 aliphatic rings. The molecule has 2 aromatic rings. The van der Waals surface area contributed by atoms with Crippen LogP contribution in [0, 0.1) is 0 Å². The van der Waals surface area contributed by atoms with Crippen molar-refractivity contribution < 1.29 is 9.15 Å². The minimum Gasteiger partial charge on any atom is -0.459 e. The Hall–Kier alpha value is -1.36. The summed E-state index contributed by atoms with van der Waals surface area (Å²) >= 11 is 0. The fourth-order valence-electron chi connectivity index (χ4n) is 2.96. The number of likely N-dealkylation sites (N-methyl/N-ethyl adjacent to an activating group) is 1. The predicted molar refractivity (Wildman–Crippen MR) is 84.2 cm³/mol. The van der Waals surface area contributed by atoms with E-state index in [0.29, 0.717) is 6.10 Å². The van der Waals surface area contributed by atoms with Gasteiger partial charge in [0.15, 0.2) is 0 Å². The van der Waals surface area contributed by atoms with Crippen molar-refractivity contribution in [1.29, 1.82) is 0 Å². The predicted octanol–water partition coefficient (Wildman–Crippen LogP) is 2.93. The highest BCUT2D eigenvalue weighted by Crippen LogP contribution is 2.23. The van der Waals surface area contributed by atoms with Gasteiger partial charge in [0.05, 0.1) is 12.1 Å². The summed E-state index contributed by atoms with van der Waals surface area (Å²) in [4.78, 5) is 2.36. The SMILES string of the molecule is CCN(CC1CCCO1)CC(N)c1cc2ccccc2o1. The first-order valence-electron chi connectivity index (χ1n) is 7.84. The van der Waals surface area contributed by atoms with E-state index in [9.17, 15) is 0 Å². The summed E-state index contributed by atoms with van der Waals surface area (Å²) in [7, 11) is 0. The molecule has 1 aromatic carbocycles. The van der Waals surface area contributed by atoms with Crippen molar-refractivity contribution >= 4 is 11.0 Å². The minimum absolute atomic E-state index is 0.0984. The number of nitrogens with zero attached hydrogens (tertiary/aromatic N) is 1. The zero-order valence-corrected chi connectivity index (χ0v) is 12.6. The molecule has 0 radical (unpaired) electrons. The van der Waals surface area contributed by atoms with E-state index in [-0.39, 0.29) is 6.04 Å². The molecule has 0 aliphatic carbocycles. The van der Waals surface area contributed by atoms with Crippen molar-refractivity contribution in [2.45, 2.75) is 31.9 Å². The molecule has 1 aliphatic heterocycles. The number of fused-ring (bicyclic) bond motifs is 1. The third-order valence-corrected chi connectivity index (χ3v) is 4.20.